The van der Waals surface area contributed by atoms with E-state index in [9.17, 15) is 13.2 Å². The Bertz CT molecular complexity index is 1250. The Morgan fingerprint density at radius 3 is 2.11 bits per heavy atom. The summed E-state index contributed by atoms with van der Waals surface area (Å²) in [5.74, 6) is -0.0993. The van der Waals surface area contributed by atoms with Gasteiger partial charge in [0.1, 0.15) is 6.54 Å². The fourth-order valence-corrected chi connectivity index (χ4v) is 7.07. The van der Waals surface area contributed by atoms with E-state index in [-0.39, 0.29) is 24.2 Å². The standard InChI is InChI=1S/C30H40N2O3S/c1-24-15-11-12-16-25(24)23-36(34,35)29-21-32(28-20-14-13-19-27(28)29)22-30(33)31-26-17-9-7-5-3-2-4-6-8-10-18-26/h11-16,19-21,26H,2-10,17-18,22-23H2,1H3,(H,31,33). The van der Waals surface area contributed by atoms with Gasteiger partial charge in [0.2, 0.25) is 5.91 Å². The van der Waals surface area contributed by atoms with Crippen molar-refractivity contribution in [3.05, 3.63) is 65.9 Å². The van der Waals surface area contributed by atoms with Crippen LogP contribution in [0.2, 0.25) is 0 Å². The summed E-state index contributed by atoms with van der Waals surface area (Å²) in [6, 6.07) is 15.2. The number of aryl methyl sites for hydroxylation is 1. The van der Waals surface area contributed by atoms with Gasteiger partial charge in [0.05, 0.1) is 10.6 Å². The molecule has 0 aliphatic heterocycles. The smallest absolute Gasteiger partial charge is 0.240 e. The lowest BCUT2D eigenvalue weighted by Crippen LogP contribution is -2.37. The number of carbonyl (C=O) groups excluding carboxylic acids is 1. The topological polar surface area (TPSA) is 68.2 Å². The van der Waals surface area contributed by atoms with Crippen molar-refractivity contribution in [2.24, 2.45) is 0 Å². The van der Waals surface area contributed by atoms with Crippen LogP contribution in [-0.2, 0) is 26.9 Å². The van der Waals surface area contributed by atoms with Gasteiger partial charge in [-0.2, -0.15) is 0 Å². The minimum absolute atomic E-state index is 0.0456. The van der Waals surface area contributed by atoms with Gasteiger partial charge in [-0.15, -0.1) is 0 Å². The summed E-state index contributed by atoms with van der Waals surface area (Å²) in [5, 5.41) is 3.94. The van der Waals surface area contributed by atoms with Crippen molar-refractivity contribution in [2.75, 3.05) is 0 Å². The van der Waals surface area contributed by atoms with Crippen LogP contribution in [0.15, 0.2) is 59.6 Å². The normalized spacial score (nSPS) is 16.8. The fourth-order valence-electron chi connectivity index (χ4n) is 5.38. The minimum Gasteiger partial charge on any atom is -0.352 e. The van der Waals surface area contributed by atoms with Crippen LogP contribution in [0.4, 0.5) is 0 Å². The molecule has 0 unspecified atom stereocenters. The number of amides is 1. The highest BCUT2D eigenvalue weighted by Gasteiger charge is 2.23. The van der Waals surface area contributed by atoms with Crippen LogP contribution in [0.25, 0.3) is 10.9 Å². The van der Waals surface area contributed by atoms with Crippen LogP contribution in [0.3, 0.4) is 0 Å². The SMILES string of the molecule is Cc1ccccc1CS(=O)(=O)c1cn(CC(=O)NC2CCCCCCCCCCC2)c2ccccc12. The summed E-state index contributed by atoms with van der Waals surface area (Å²) >= 11 is 0. The van der Waals surface area contributed by atoms with Gasteiger partial charge in [0, 0.05) is 23.1 Å². The zero-order valence-electron chi connectivity index (χ0n) is 21.5. The molecule has 1 aliphatic rings. The van der Waals surface area contributed by atoms with E-state index in [0.717, 1.165) is 42.3 Å². The maximum Gasteiger partial charge on any atom is 0.240 e. The molecule has 1 saturated carbocycles. The summed E-state index contributed by atoms with van der Waals surface area (Å²) < 4.78 is 28.7. The molecular weight excluding hydrogens is 468 g/mol. The van der Waals surface area contributed by atoms with Crippen LogP contribution in [0, 0.1) is 6.92 Å². The molecule has 3 aromatic rings. The molecule has 6 heteroatoms. The minimum atomic E-state index is -3.58. The van der Waals surface area contributed by atoms with E-state index in [2.05, 4.69) is 5.32 Å². The molecule has 0 radical (unpaired) electrons. The molecule has 1 aliphatic carbocycles. The van der Waals surface area contributed by atoms with Crippen molar-refractivity contribution >= 4 is 26.6 Å². The van der Waals surface area contributed by atoms with Gasteiger partial charge >= 0.3 is 0 Å². The van der Waals surface area contributed by atoms with E-state index in [1.165, 1.54) is 44.9 Å². The van der Waals surface area contributed by atoms with Gasteiger partial charge in [-0.1, -0.05) is 100 Å². The first-order valence-electron chi connectivity index (χ1n) is 13.6. The number of benzene rings is 2. The van der Waals surface area contributed by atoms with Crippen molar-refractivity contribution in [1.29, 1.82) is 0 Å². The summed E-state index contributed by atoms with van der Waals surface area (Å²) in [6.45, 7) is 2.05. The molecule has 36 heavy (non-hydrogen) atoms. The van der Waals surface area contributed by atoms with Crippen LogP contribution in [0.1, 0.15) is 81.8 Å². The number of aromatic nitrogens is 1. The first kappa shape index (κ1) is 26.5. The highest BCUT2D eigenvalue weighted by atomic mass is 32.2. The largest absolute Gasteiger partial charge is 0.352 e. The van der Waals surface area contributed by atoms with Crippen molar-refractivity contribution in [3.8, 4) is 0 Å². The number of hydrogen-bond donors (Lipinski definition) is 1. The zero-order chi connectivity index (χ0) is 25.4. The second-order valence-corrected chi connectivity index (χ2v) is 12.3. The highest BCUT2D eigenvalue weighted by molar-refractivity contribution is 7.90. The van der Waals surface area contributed by atoms with Crippen molar-refractivity contribution in [1.82, 2.24) is 9.88 Å². The number of para-hydroxylation sites is 1. The molecule has 1 heterocycles. The van der Waals surface area contributed by atoms with Gasteiger partial charge in [-0.3, -0.25) is 4.79 Å². The molecule has 194 valence electrons. The lowest BCUT2D eigenvalue weighted by atomic mass is 9.98. The first-order valence-corrected chi connectivity index (χ1v) is 15.2. The quantitative estimate of drug-likeness (QED) is 0.402. The number of nitrogens with zero attached hydrogens (tertiary/aromatic N) is 1. The van der Waals surface area contributed by atoms with Crippen molar-refractivity contribution in [3.63, 3.8) is 0 Å². The van der Waals surface area contributed by atoms with Crippen LogP contribution < -0.4 is 5.32 Å². The molecule has 0 saturated heterocycles. The third-order valence-electron chi connectivity index (χ3n) is 7.48. The highest BCUT2D eigenvalue weighted by Crippen LogP contribution is 2.29. The fraction of sp³-hybridized carbons (Fsp3) is 0.500. The molecule has 4 rings (SSSR count). The van der Waals surface area contributed by atoms with Crippen LogP contribution >= 0.6 is 0 Å². The number of sulfone groups is 1. The Morgan fingerprint density at radius 2 is 1.44 bits per heavy atom. The number of rotatable bonds is 6. The second kappa shape index (κ2) is 12.6. The van der Waals surface area contributed by atoms with Gasteiger partial charge in [-0.25, -0.2) is 8.42 Å². The molecular formula is C30H40N2O3S. The average molecular weight is 509 g/mol. The van der Waals surface area contributed by atoms with E-state index in [1.54, 1.807) is 10.8 Å². The Morgan fingerprint density at radius 1 is 0.861 bits per heavy atom. The lowest BCUT2D eigenvalue weighted by Gasteiger charge is -2.20. The van der Waals surface area contributed by atoms with Gasteiger partial charge in [-0.05, 0) is 37.0 Å². The summed E-state index contributed by atoms with van der Waals surface area (Å²) in [6.07, 6.45) is 15.0. The van der Waals surface area contributed by atoms with Gasteiger partial charge < -0.3 is 9.88 Å². The average Bonchev–Trinajstić information content (AvgIpc) is 3.21. The van der Waals surface area contributed by atoms with E-state index < -0.39 is 9.84 Å². The Kier molecular flexibility index (Phi) is 9.24. The van der Waals surface area contributed by atoms with E-state index in [0.29, 0.717) is 10.3 Å². The molecule has 1 amide bonds. The van der Waals surface area contributed by atoms with E-state index in [4.69, 9.17) is 0 Å². The van der Waals surface area contributed by atoms with Crippen molar-refractivity contribution in [2.45, 2.75) is 101 Å². The first-order chi connectivity index (χ1) is 17.4. The molecule has 1 N–H and O–H groups in total. The van der Waals surface area contributed by atoms with Crippen LogP contribution in [0.5, 0.6) is 0 Å². The molecule has 2 aromatic carbocycles. The summed E-state index contributed by atoms with van der Waals surface area (Å²) in [4.78, 5) is 13.4. The predicted molar refractivity (Wildman–Crippen MR) is 147 cm³/mol. The summed E-state index contributed by atoms with van der Waals surface area (Å²) in [5.41, 5.74) is 2.53. The predicted octanol–water partition coefficient (Wildman–Crippen LogP) is 6.71. The summed E-state index contributed by atoms with van der Waals surface area (Å²) in [7, 11) is -3.58. The number of hydrogen-bond acceptors (Lipinski definition) is 3. The van der Waals surface area contributed by atoms with Gasteiger partial charge in [0.15, 0.2) is 9.84 Å². The van der Waals surface area contributed by atoms with Crippen LogP contribution in [-0.4, -0.2) is 24.9 Å². The molecule has 5 nitrogen and oxygen atoms in total. The van der Waals surface area contributed by atoms with E-state index >= 15 is 0 Å². The second-order valence-electron chi connectivity index (χ2n) is 10.3. The Labute approximate surface area is 216 Å². The maximum atomic E-state index is 13.5. The molecule has 1 aromatic heterocycles. The molecule has 0 bridgehead atoms. The third kappa shape index (κ3) is 7.00. The molecule has 0 spiro atoms. The van der Waals surface area contributed by atoms with Gasteiger partial charge in [0.25, 0.3) is 0 Å². The number of carbonyl (C=O) groups is 1. The Hall–Kier alpha value is -2.60. The molecule has 0 atom stereocenters. The maximum absolute atomic E-state index is 13.5. The Balaban J connectivity index is 1.49. The zero-order valence-corrected chi connectivity index (χ0v) is 22.4. The number of nitrogens with one attached hydrogen (secondary N) is 1. The monoisotopic (exact) mass is 508 g/mol. The van der Waals surface area contributed by atoms with E-state index in [1.807, 2.05) is 55.5 Å². The van der Waals surface area contributed by atoms with Crippen molar-refractivity contribution < 1.29 is 13.2 Å². The number of fused-ring (bicyclic) bond motifs is 1. The third-order valence-corrected chi connectivity index (χ3v) is 9.16. The lowest BCUT2D eigenvalue weighted by molar-refractivity contribution is -0.122. The molecule has 1 fully saturated rings.